The van der Waals surface area contributed by atoms with Gasteiger partial charge in [0.15, 0.2) is 0 Å². The molecule has 2 aromatic carbocycles. The van der Waals surface area contributed by atoms with Crippen molar-refractivity contribution in [2.24, 2.45) is 0 Å². The third-order valence-electron chi connectivity index (χ3n) is 7.58. The van der Waals surface area contributed by atoms with Gasteiger partial charge < -0.3 is 15.2 Å². The molecule has 1 fully saturated rings. The number of hydrogen-bond acceptors (Lipinski definition) is 5. The molecule has 0 bridgehead atoms. The summed E-state index contributed by atoms with van der Waals surface area (Å²) in [6.07, 6.45) is -10.3. The van der Waals surface area contributed by atoms with Crippen molar-refractivity contribution in [1.82, 2.24) is 15.2 Å². The highest BCUT2D eigenvalue weighted by molar-refractivity contribution is 6.07. The number of benzene rings is 2. The van der Waals surface area contributed by atoms with Crippen molar-refractivity contribution < 1.29 is 45.8 Å². The summed E-state index contributed by atoms with van der Waals surface area (Å²) in [7, 11) is 0. The van der Waals surface area contributed by atoms with Crippen molar-refractivity contribution in [3.63, 3.8) is 0 Å². The summed E-state index contributed by atoms with van der Waals surface area (Å²) in [5, 5.41) is 12.6. The van der Waals surface area contributed by atoms with Crippen LogP contribution in [0.1, 0.15) is 68.0 Å². The van der Waals surface area contributed by atoms with Gasteiger partial charge in [0.25, 0.3) is 11.5 Å². The zero-order valence-corrected chi connectivity index (χ0v) is 24.3. The lowest BCUT2D eigenvalue weighted by Crippen LogP contribution is -2.53. The Kier molecular flexibility index (Phi) is 8.76. The first-order chi connectivity index (χ1) is 20.4. The molecule has 0 saturated carbocycles. The molecule has 1 aromatic heterocycles. The molecule has 4 rings (SSSR count). The summed E-state index contributed by atoms with van der Waals surface area (Å²) in [6, 6.07) is 11.6. The maximum Gasteiger partial charge on any atom is 0.430 e. The number of nitrogens with one attached hydrogen (secondary N) is 1. The van der Waals surface area contributed by atoms with Gasteiger partial charge in [0.2, 0.25) is 0 Å². The first-order valence-corrected chi connectivity index (χ1v) is 13.8. The van der Waals surface area contributed by atoms with Gasteiger partial charge in [-0.2, -0.15) is 26.3 Å². The molecule has 3 aromatic rings. The van der Waals surface area contributed by atoms with Crippen molar-refractivity contribution in [2.75, 3.05) is 0 Å². The Bertz CT molecular complexity index is 1520. The highest BCUT2D eigenvalue weighted by atomic mass is 19.4. The number of amides is 3. The first kappa shape index (κ1) is 32.8. The van der Waals surface area contributed by atoms with E-state index in [4.69, 9.17) is 4.74 Å². The van der Waals surface area contributed by atoms with Crippen molar-refractivity contribution >= 4 is 11.9 Å². The van der Waals surface area contributed by atoms with Crippen LogP contribution < -0.4 is 10.1 Å². The van der Waals surface area contributed by atoms with Crippen LogP contribution >= 0.6 is 0 Å². The predicted molar refractivity (Wildman–Crippen MR) is 148 cm³/mol. The number of urea groups is 1. The molecule has 7 nitrogen and oxygen atoms in total. The Morgan fingerprint density at radius 1 is 0.977 bits per heavy atom. The van der Waals surface area contributed by atoms with E-state index in [0.717, 1.165) is 16.5 Å². The van der Waals surface area contributed by atoms with Gasteiger partial charge in [-0.25, -0.2) is 4.79 Å². The smallest absolute Gasteiger partial charge is 0.430 e. The molecular formula is C31H31F6N3O4. The standard InChI is InChI=1S/C31H31F6N3O4/c1-5-6-20-15-22(29(43,30(32,33)34)31(35,36)37)11-12-25(20)44-24-13-14-38-23(16-24)17-40-26(41)28(4,39-27(40)42)21-9-7-19(8-10-21)18(2)3/h7-16,18,43H,5-6,17H2,1-4H3,(H,39,42). The monoisotopic (exact) mass is 623 g/mol. The van der Waals surface area contributed by atoms with E-state index < -0.39 is 41.0 Å². The van der Waals surface area contributed by atoms with Crippen LogP contribution in [0.15, 0.2) is 60.8 Å². The number of carbonyl (C=O) groups excluding carboxylic acids is 2. The lowest BCUT2D eigenvalue weighted by molar-refractivity contribution is -0.376. The van der Waals surface area contributed by atoms with E-state index in [0.29, 0.717) is 24.1 Å². The number of imide groups is 1. The zero-order chi connectivity index (χ0) is 32.7. The predicted octanol–water partition coefficient (Wildman–Crippen LogP) is 7.23. The Morgan fingerprint density at radius 3 is 2.18 bits per heavy atom. The van der Waals surface area contributed by atoms with Crippen LogP contribution in [0, 0.1) is 0 Å². The molecule has 1 atom stereocenters. The van der Waals surface area contributed by atoms with Crippen LogP contribution in [0.25, 0.3) is 0 Å². The van der Waals surface area contributed by atoms with Crippen LogP contribution in [0.5, 0.6) is 11.5 Å². The fraction of sp³-hybridized carbons (Fsp3) is 0.387. The van der Waals surface area contributed by atoms with Crippen LogP contribution in [-0.2, 0) is 28.9 Å². The zero-order valence-electron chi connectivity index (χ0n) is 24.3. The van der Waals surface area contributed by atoms with E-state index in [1.807, 2.05) is 26.0 Å². The summed E-state index contributed by atoms with van der Waals surface area (Å²) in [4.78, 5) is 31.4. The molecular weight excluding hydrogens is 592 g/mol. The van der Waals surface area contributed by atoms with Crippen molar-refractivity contribution in [3.8, 4) is 11.5 Å². The maximum atomic E-state index is 13.4. The number of nitrogens with zero attached hydrogens (tertiary/aromatic N) is 2. The molecule has 1 unspecified atom stereocenters. The number of aliphatic hydroxyl groups is 1. The van der Waals surface area contributed by atoms with Crippen LogP contribution in [-0.4, -0.2) is 39.3 Å². The second-order valence-electron chi connectivity index (χ2n) is 11.1. The molecule has 1 saturated heterocycles. The van der Waals surface area contributed by atoms with Crippen LogP contribution in [0.4, 0.5) is 31.1 Å². The van der Waals surface area contributed by atoms with Gasteiger partial charge in [0.05, 0.1) is 12.2 Å². The molecule has 44 heavy (non-hydrogen) atoms. The van der Waals surface area contributed by atoms with Crippen LogP contribution in [0.2, 0.25) is 0 Å². The molecule has 1 aliphatic rings. The van der Waals surface area contributed by atoms with Crippen LogP contribution in [0.3, 0.4) is 0 Å². The third kappa shape index (κ3) is 5.97. The maximum absolute atomic E-state index is 13.4. The van der Waals surface area contributed by atoms with E-state index >= 15 is 0 Å². The fourth-order valence-corrected chi connectivity index (χ4v) is 4.99. The van der Waals surface area contributed by atoms with Crippen molar-refractivity contribution in [1.29, 1.82) is 0 Å². The largest absolute Gasteiger partial charge is 0.457 e. The third-order valence-corrected chi connectivity index (χ3v) is 7.58. The lowest BCUT2D eigenvalue weighted by Gasteiger charge is -2.33. The number of carbonyl (C=O) groups is 2. The van der Waals surface area contributed by atoms with Crippen molar-refractivity contribution in [3.05, 3.63) is 88.7 Å². The molecule has 2 heterocycles. The van der Waals surface area contributed by atoms with Gasteiger partial charge in [-0.15, -0.1) is 0 Å². The van der Waals surface area contributed by atoms with Gasteiger partial charge >= 0.3 is 18.4 Å². The number of hydrogen-bond donors (Lipinski definition) is 2. The number of aromatic nitrogens is 1. The molecule has 0 aliphatic carbocycles. The van der Waals surface area contributed by atoms with E-state index in [2.05, 4.69) is 10.3 Å². The lowest BCUT2D eigenvalue weighted by atomic mass is 9.90. The molecule has 13 heteroatoms. The average Bonchev–Trinajstić information content (AvgIpc) is 3.16. The van der Waals surface area contributed by atoms with Gasteiger partial charge in [-0.3, -0.25) is 14.7 Å². The number of pyridine rings is 1. The molecule has 1 aliphatic heterocycles. The van der Waals surface area contributed by atoms with E-state index in [1.165, 1.54) is 18.3 Å². The Labute approximate surface area is 249 Å². The van der Waals surface area contributed by atoms with E-state index in [9.17, 15) is 41.0 Å². The van der Waals surface area contributed by atoms with Gasteiger partial charge in [-0.1, -0.05) is 57.5 Å². The number of alkyl halides is 6. The topological polar surface area (TPSA) is 91.8 Å². The quantitative estimate of drug-likeness (QED) is 0.194. The highest BCUT2D eigenvalue weighted by Gasteiger charge is 2.71. The number of rotatable bonds is 9. The summed E-state index contributed by atoms with van der Waals surface area (Å²) >= 11 is 0. The fourth-order valence-electron chi connectivity index (χ4n) is 4.99. The molecule has 0 spiro atoms. The molecule has 0 radical (unpaired) electrons. The molecule has 236 valence electrons. The summed E-state index contributed by atoms with van der Waals surface area (Å²) in [5.74, 6) is -0.148. The van der Waals surface area contributed by atoms with E-state index in [1.54, 1.807) is 26.0 Å². The van der Waals surface area contributed by atoms with Gasteiger partial charge in [0, 0.05) is 17.8 Å². The van der Waals surface area contributed by atoms with Gasteiger partial charge in [0.1, 0.15) is 17.0 Å². The number of ether oxygens (including phenoxy) is 1. The summed E-state index contributed by atoms with van der Waals surface area (Å²) in [6.45, 7) is 7.11. The summed E-state index contributed by atoms with van der Waals surface area (Å²) < 4.78 is 86.5. The minimum absolute atomic E-state index is 0.00337. The average molecular weight is 624 g/mol. The second-order valence-corrected chi connectivity index (χ2v) is 11.1. The van der Waals surface area contributed by atoms with Crippen molar-refractivity contribution in [2.45, 2.75) is 76.5 Å². The second kappa shape index (κ2) is 11.8. The SMILES string of the molecule is CCCc1cc(C(O)(C(F)(F)F)C(F)(F)F)ccc1Oc1ccnc(CN2C(=O)NC(C)(c3ccc(C(C)C)cc3)C2=O)c1. The molecule has 3 amide bonds. The Morgan fingerprint density at radius 2 is 1.61 bits per heavy atom. The van der Waals surface area contributed by atoms with E-state index in [-0.39, 0.29) is 41.6 Å². The first-order valence-electron chi connectivity index (χ1n) is 13.8. The summed E-state index contributed by atoms with van der Waals surface area (Å²) in [5.41, 5.74) is -5.86. The normalized spacial score (nSPS) is 17.8. The molecule has 2 N–H and O–H groups in total. The minimum Gasteiger partial charge on any atom is -0.457 e. The Hall–Kier alpha value is -4.13. The number of halogens is 6. The minimum atomic E-state index is -6.02. The highest BCUT2D eigenvalue weighted by Crippen LogP contribution is 2.50. The number of aryl methyl sites for hydroxylation is 1. The Balaban J connectivity index is 1.58. The van der Waals surface area contributed by atoms with Gasteiger partial charge in [-0.05, 0) is 54.2 Å².